The number of carboxylic acids is 5. The van der Waals surface area contributed by atoms with E-state index in [1.807, 2.05) is 31.2 Å². The Kier molecular flexibility index (Phi) is 29.1. The molecule has 3 amide bonds. The summed E-state index contributed by atoms with van der Waals surface area (Å²) < 4.78 is 0. The highest BCUT2D eigenvalue weighted by atomic mass is 16.4. The van der Waals surface area contributed by atoms with Gasteiger partial charge in [0.1, 0.15) is 6.54 Å². The molecule has 452 valence electrons. The van der Waals surface area contributed by atoms with Crippen LogP contribution in [0.1, 0.15) is 109 Å². The van der Waals surface area contributed by atoms with Crippen LogP contribution in [0.5, 0.6) is 0 Å². The van der Waals surface area contributed by atoms with E-state index >= 15 is 0 Å². The third-order valence-electron chi connectivity index (χ3n) is 14.9. The predicted molar refractivity (Wildman–Crippen MR) is 305 cm³/mol. The van der Waals surface area contributed by atoms with Gasteiger partial charge in [-0.2, -0.15) is 15.0 Å². The average Bonchev–Trinajstić information content (AvgIpc) is 3.59. The van der Waals surface area contributed by atoms with Gasteiger partial charge in [-0.1, -0.05) is 50.7 Å². The number of anilines is 4. The number of carboxylic acid groups (broad SMARTS) is 5. The number of aromatic nitrogens is 3. The summed E-state index contributed by atoms with van der Waals surface area (Å²) >= 11 is 0. The van der Waals surface area contributed by atoms with Crippen molar-refractivity contribution >= 4 is 65.3 Å². The number of nitrogens with zero attached hydrogens (tertiary/aromatic N) is 10. The van der Waals surface area contributed by atoms with Gasteiger partial charge in [-0.3, -0.25) is 53.3 Å². The van der Waals surface area contributed by atoms with Gasteiger partial charge in [-0.25, -0.2) is 4.79 Å². The van der Waals surface area contributed by atoms with Gasteiger partial charge in [0, 0.05) is 116 Å². The zero-order chi connectivity index (χ0) is 58.4. The minimum Gasteiger partial charge on any atom is -0.480 e. The molecule has 1 aromatic carbocycles. The monoisotopic (exact) mass is 1140 g/mol. The van der Waals surface area contributed by atoms with Crippen LogP contribution in [0.15, 0.2) is 24.3 Å². The van der Waals surface area contributed by atoms with E-state index in [0.717, 1.165) is 121 Å². The smallest absolute Gasteiger partial charge is 0.323 e. The fourth-order valence-corrected chi connectivity index (χ4v) is 10.5. The lowest BCUT2D eigenvalue weighted by Crippen LogP contribution is -2.53. The molecule has 0 saturated carbocycles. The molecule has 9 N–H and O–H groups in total. The largest absolute Gasteiger partial charge is 0.480 e. The fourth-order valence-electron chi connectivity index (χ4n) is 10.5. The van der Waals surface area contributed by atoms with E-state index in [2.05, 4.69) is 36.0 Å². The molecule has 26 heteroatoms. The molecule has 81 heavy (non-hydrogen) atoms. The highest BCUT2D eigenvalue weighted by Crippen LogP contribution is 2.25. The van der Waals surface area contributed by atoms with Gasteiger partial charge in [0.2, 0.25) is 23.8 Å². The van der Waals surface area contributed by atoms with E-state index in [0.29, 0.717) is 37.2 Å². The summed E-state index contributed by atoms with van der Waals surface area (Å²) in [5.74, 6) is -3.59. The molecule has 5 rings (SSSR count). The molecule has 1 aromatic heterocycles. The number of hydrogen-bond donors (Lipinski definition) is 9. The molecule has 0 aliphatic carbocycles. The number of aliphatic carboxylic acids is 5. The van der Waals surface area contributed by atoms with Crippen LogP contribution < -0.4 is 31.1 Å². The summed E-state index contributed by atoms with van der Waals surface area (Å²) in [5.41, 5.74) is 1.60. The molecule has 0 bridgehead atoms. The number of piperidine rings is 1. The topological polar surface area (TPSA) is 330 Å². The number of carbonyl (C=O) groups is 7. The maximum atomic E-state index is 12.3. The summed E-state index contributed by atoms with van der Waals surface area (Å²) in [4.78, 5) is 111. The zero-order valence-electron chi connectivity index (χ0n) is 47.5. The molecule has 4 heterocycles. The van der Waals surface area contributed by atoms with Gasteiger partial charge in [-0.15, -0.1) is 0 Å². The summed E-state index contributed by atoms with van der Waals surface area (Å²) in [6, 6.07) is 6.59. The van der Waals surface area contributed by atoms with Crippen molar-refractivity contribution in [1.29, 1.82) is 0 Å². The lowest BCUT2D eigenvalue weighted by molar-refractivity contribution is -0.142. The molecule has 2 unspecified atom stereocenters. The van der Waals surface area contributed by atoms with Crippen LogP contribution in [0.4, 0.5) is 28.3 Å². The molecule has 3 saturated heterocycles. The van der Waals surface area contributed by atoms with E-state index in [-0.39, 0.29) is 83.9 Å². The Morgan fingerprint density at radius 2 is 1.07 bits per heavy atom. The van der Waals surface area contributed by atoms with Crippen molar-refractivity contribution < 1.29 is 59.1 Å². The maximum absolute atomic E-state index is 12.3. The van der Waals surface area contributed by atoms with Crippen LogP contribution >= 0.6 is 0 Å². The molecule has 2 atom stereocenters. The first-order chi connectivity index (χ1) is 39.0. The molecule has 0 radical (unpaired) electrons. The molecular weight excluding hydrogens is 1050 g/mol. The Morgan fingerprint density at radius 3 is 1.67 bits per heavy atom. The minimum atomic E-state index is -1.10. The summed E-state index contributed by atoms with van der Waals surface area (Å²) in [6.07, 6.45) is 15.4. The summed E-state index contributed by atoms with van der Waals surface area (Å²) in [6.45, 7) is 8.36. The standard InChI is InChI=1S/C55H90N14O12/c1-42(58-55(81)57-36-47(71)72)15-10-11-21-56-46(70)16-9-6-4-2-3-5-7-12-22-63-29-32-68(33-30-63)54-61-52(60-53(62-54)67-23-13-8-14-24-67)59-44-19-17-43(18-20-44)35-45-37-66(40-50(77)78)28-27-64(38-48(73)74)25-26-65(39-49(75)76)31-34-69(45)41-51(79)80/h17-20,42,45H,2-16,21-41H2,1H3,(H,56,70)(H,71,72)(H,73,74)(H,75,76)(H,77,78)(H,79,80)(H2,57,58,81)(H,59,60,61,62). The first kappa shape index (κ1) is 65.3. The van der Waals surface area contributed by atoms with E-state index in [1.165, 1.54) is 25.7 Å². The minimum absolute atomic E-state index is 0.0729. The van der Waals surface area contributed by atoms with Crippen LogP contribution in [0.2, 0.25) is 0 Å². The van der Waals surface area contributed by atoms with Crippen molar-refractivity contribution in [3.63, 3.8) is 0 Å². The lowest BCUT2D eigenvalue weighted by atomic mass is 10.0. The van der Waals surface area contributed by atoms with Crippen molar-refractivity contribution in [2.75, 3.05) is 146 Å². The van der Waals surface area contributed by atoms with E-state index < -0.39 is 48.5 Å². The Bertz CT molecular complexity index is 2270. The maximum Gasteiger partial charge on any atom is 0.323 e. The third-order valence-corrected chi connectivity index (χ3v) is 14.9. The van der Waals surface area contributed by atoms with Crippen molar-refractivity contribution in [2.45, 2.75) is 122 Å². The van der Waals surface area contributed by atoms with E-state index in [1.54, 1.807) is 19.6 Å². The van der Waals surface area contributed by atoms with Crippen molar-refractivity contribution in [3.8, 4) is 0 Å². The summed E-state index contributed by atoms with van der Waals surface area (Å²) in [5, 5.41) is 59.2. The van der Waals surface area contributed by atoms with Gasteiger partial charge in [-0.05, 0) is 89.0 Å². The third kappa shape index (κ3) is 26.8. The first-order valence-electron chi connectivity index (χ1n) is 29.1. The van der Waals surface area contributed by atoms with Gasteiger partial charge in [0.15, 0.2) is 0 Å². The molecule has 2 aromatic rings. The SMILES string of the molecule is CC(CCCCNC(=O)CCCCCCCCCCN1CCN(c2nc(Nc3ccc(CC4CN(CC(=O)O)CCN(CC(=O)O)CCN(CC(=O)O)CCN4CC(=O)O)cc3)nc(N3CCCCC3)n2)CC1)NC(=O)NCC(=O)O. The fraction of sp³-hybridized carbons (Fsp3) is 0.709. The Balaban J connectivity index is 1.07. The second-order valence-electron chi connectivity index (χ2n) is 21.7. The number of rotatable bonds is 33. The molecule has 0 spiro atoms. The van der Waals surface area contributed by atoms with Gasteiger partial charge in [0.25, 0.3) is 0 Å². The Labute approximate surface area is 476 Å². The quantitative estimate of drug-likeness (QED) is 0.0464. The van der Waals surface area contributed by atoms with Crippen molar-refractivity contribution in [1.82, 2.24) is 55.4 Å². The number of urea groups is 1. The van der Waals surface area contributed by atoms with Crippen LogP contribution in [-0.2, 0) is 35.2 Å². The van der Waals surface area contributed by atoms with E-state index in [4.69, 9.17) is 20.1 Å². The molecular formula is C55H90N14O12. The van der Waals surface area contributed by atoms with E-state index in [9.17, 15) is 54.0 Å². The number of benzene rings is 1. The van der Waals surface area contributed by atoms with Gasteiger partial charge >= 0.3 is 35.9 Å². The number of carbonyl (C=O) groups excluding carboxylic acids is 2. The van der Waals surface area contributed by atoms with Crippen LogP contribution in [0.25, 0.3) is 0 Å². The number of unbranched alkanes of at least 4 members (excludes halogenated alkanes) is 8. The molecule has 3 aliphatic heterocycles. The van der Waals surface area contributed by atoms with Crippen LogP contribution in [0.3, 0.4) is 0 Å². The van der Waals surface area contributed by atoms with Crippen molar-refractivity contribution in [3.05, 3.63) is 29.8 Å². The highest BCUT2D eigenvalue weighted by molar-refractivity contribution is 5.80. The number of amides is 3. The molecule has 26 nitrogen and oxygen atoms in total. The summed E-state index contributed by atoms with van der Waals surface area (Å²) in [7, 11) is 0. The van der Waals surface area contributed by atoms with Gasteiger partial charge < -0.3 is 56.6 Å². The first-order valence-corrected chi connectivity index (χ1v) is 29.1. The second kappa shape index (κ2) is 36.1. The van der Waals surface area contributed by atoms with Gasteiger partial charge in [0.05, 0.1) is 26.2 Å². The second-order valence-corrected chi connectivity index (χ2v) is 21.7. The van der Waals surface area contributed by atoms with Crippen LogP contribution in [0, 0.1) is 0 Å². The predicted octanol–water partition coefficient (Wildman–Crippen LogP) is 2.77. The van der Waals surface area contributed by atoms with Crippen LogP contribution in [-0.4, -0.2) is 250 Å². The normalized spacial score (nSPS) is 18.0. The number of nitrogens with one attached hydrogen (secondary N) is 4. The molecule has 3 aliphatic rings. The Morgan fingerprint density at radius 1 is 0.543 bits per heavy atom. The highest BCUT2D eigenvalue weighted by Gasteiger charge is 2.29. The zero-order valence-corrected chi connectivity index (χ0v) is 47.5. The average molecular weight is 1140 g/mol. The molecule has 3 fully saturated rings. The van der Waals surface area contributed by atoms with Crippen molar-refractivity contribution in [2.24, 2.45) is 0 Å². The number of hydrogen-bond acceptors (Lipinski definition) is 18. The lowest BCUT2D eigenvalue weighted by Gasteiger charge is -2.37. The Hall–Kier alpha value is -6.48. The number of piperazine rings is 1.